The zero-order valence-corrected chi connectivity index (χ0v) is 21.2. The van der Waals surface area contributed by atoms with Crippen molar-refractivity contribution in [3.05, 3.63) is 162 Å². The Bertz CT molecular complexity index is 1730. The van der Waals surface area contributed by atoms with Crippen molar-refractivity contribution >= 4 is 51.9 Å². The predicted molar refractivity (Wildman–Crippen MR) is 168 cm³/mol. The lowest BCUT2D eigenvalue weighted by atomic mass is 9.90. The minimum atomic E-state index is 1.13. The van der Waals surface area contributed by atoms with Crippen molar-refractivity contribution in [1.29, 1.82) is 0 Å². The summed E-state index contributed by atoms with van der Waals surface area (Å²) in [6, 6.07) is 45.2. The fourth-order valence-electron chi connectivity index (χ4n) is 5.08. The molecule has 0 amide bonds. The maximum Gasteiger partial charge on any atom is -0.00987 e. The molecule has 6 aromatic carbocycles. The first-order valence-electron chi connectivity index (χ1n) is 13.0. The van der Waals surface area contributed by atoms with Crippen LogP contribution in [0.25, 0.3) is 63.1 Å². The van der Waals surface area contributed by atoms with Crippen LogP contribution in [0.2, 0.25) is 0 Å². The third-order valence-electron chi connectivity index (χ3n) is 7.09. The van der Waals surface area contributed by atoms with Crippen LogP contribution in [0.4, 0.5) is 0 Å². The molecule has 0 aromatic heterocycles. The van der Waals surface area contributed by atoms with Crippen LogP contribution < -0.4 is 0 Å². The van der Waals surface area contributed by atoms with Gasteiger partial charge in [0.2, 0.25) is 0 Å². The highest BCUT2D eigenvalue weighted by molar-refractivity contribution is 6.14. The molecule has 0 N–H and O–H groups in total. The van der Waals surface area contributed by atoms with E-state index in [0.29, 0.717) is 0 Å². The zero-order valence-electron chi connectivity index (χ0n) is 21.2. The first-order valence-corrected chi connectivity index (χ1v) is 13.0. The van der Waals surface area contributed by atoms with Crippen molar-refractivity contribution in [2.45, 2.75) is 0 Å². The summed E-state index contributed by atoms with van der Waals surface area (Å²) in [4.78, 5) is 0. The Morgan fingerprint density at radius 1 is 0.342 bits per heavy atom. The summed E-state index contributed by atoms with van der Waals surface area (Å²) in [5.41, 5.74) is 8.43. The van der Waals surface area contributed by atoms with E-state index in [9.17, 15) is 0 Å². The molecular formula is C38H28. The summed E-state index contributed by atoms with van der Waals surface area (Å²) in [6.45, 7) is 3.84. The molecule has 6 aromatic rings. The van der Waals surface area contributed by atoms with E-state index in [-0.39, 0.29) is 0 Å². The monoisotopic (exact) mass is 484 g/mol. The molecule has 180 valence electrons. The first-order chi connectivity index (χ1) is 18.8. The molecule has 38 heavy (non-hydrogen) atoms. The van der Waals surface area contributed by atoms with E-state index in [1.807, 2.05) is 6.08 Å². The Kier molecular flexibility index (Phi) is 6.53. The zero-order chi connectivity index (χ0) is 25.7. The highest BCUT2D eigenvalue weighted by Crippen LogP contribution is 2.35. The fraction of sp³-hybridized carbons (Fsp3) is 0. The lowest BCUT2D eigenvalue weighted by Gasteiger charge is -2.13. The summed E-state index contributed by atoms with van der Waals surface area (Å²) in [5.74, 6) is 0. The van der Waals surface area contributed by atoms with E-state index in [1.54, 1.807) is 0 Å². The topological polar surface area (TPSA) is 0 Å². The molecule has 0 aliphatic carbocycles. The van der Waals surface area contributed by atoms with E-state index in [1.165, 1.54) is 54.9 Å². The minimum Gasteiger partial charge on any atom is -0.0985 e. The van der Waals surface area contributed by atoms with Gasteiger partial charge in [-0.2, -0.15) is 0 Å². The molecule has 0 saturated heterocycles. The van der Waals surface area contributed by atoms with Crippen LogP contribution in [0.5, 0.6) is 0 Å². The molecule has 0 aliphatic rings. The van der Waals surface area contributed by atoms with Gasteiger partial charge in [-0.15, -0.1) is 0 Å². The van der Waals surface area contributed by atoms with Crippen LogP contribution in [0.15, 0.2) is 134 Å². The van der Waals surface area contributed by atoms with Crippen LogP contribution in [0.1, 0.15) is 27.8 Å². The van der Waals surface area contributed by atoms with E-state index in [4.69, 9.17) is 0 Å². The van der Waals surface area contributed by atoms with Crippen molar-refractivity contribution in [2.75, 3.05) is 0 Å². The van der Waals surface area contributed by atoms with Gasteiger partial charge in [0, 0.05) is 0 Å². The fourth-order valence-corrected chi connectivity index (χ4v) is 5.08. The molecule has 0 nitrogen and oxygen atoms in total. The van der Waals surface area contributed by atoms with Crippen LogP contribution in [0, 0.1) is 0 Å². The number of rotatable bonds is 6. The summed E-state index contributed by atoms with van der Waals surface area (Å²) in [7, 11) is 0. The standard InChI is InChI=1S/C38H28/c1-2-28-16-22-31(23-17-28)32-24-18-30(19-25-32)21-27-38-35-14-8-6-12-33(35)37(34-13-7-9-15-36(34)38)26-20-29-10-4-3-5-11-29/h2-27H,1H2/b26-20+,27-21+. The summed E-state index contributed by atoms with van der Waals surface area (Å²) >= 11 is 0. The highest BCUT2D eigenvalue weighted by Gasteiger charge is 2.10. The van der Waals surface area contributed by atoms with Gasteiger partial charge in [0.05, 0.1) is 0 Å². The van der Waals surface area contributed by atoms with Crippen LogP contribution in [-0.4, -0.2) is 0 Å². The third kappa shape index (κ3) is 4.73. The number of hydrogen-bond donors (Lipinski definition) is 0. The lowest BCUT2D eigenvalue weighted by Crippen LogP contribution is -1.88. The summed E-state index contributed by atoms with van der Waals surface area (Å²) < 4.78 is 0. The number of hydrogen-bond acceptors (Lipinski definition) is 0. The second kappa shape index (κ2) is 10.6. The molecule has 0 atom stereocenters. The molecule has 0 saturated carbocycles. The van der Waals surface area contributed by atoms with Crippen molar-refractivity contribution in [3.8, 4) is 11.1 Å². The van der Waals surface area contributed by atoms with Gasteiger partial charge in [-0.3, -0.25) is 0 Å². The Labute approximate surface area is 224 Å². The molecule has 0 unspecified atom stereocenters. The van der Waals surface area contributed by atoms with Crippen molar-refractivity contribution in [3.63, 3.8) is 0 Å². The summed E-state index contributed by atoms with van der Waals surface area (Å²) in [5, 5.41) is 5.04. The van der Waals surface area contributed by atoms with E-state index in [0.717, 1.165) is 5.56 Å². The molecule has 0 heteroatoms. The number of benzene rings is 6. The van der Waals surface area contributed by atoms with Crippen molar-refractivity contribution in [2.24, 2.45) is 0 Å². The Balaban J connectivity index is 1.40. The maximum atomic E-state index is 3.84. The van der Waals surface area contributed by atoms with E-state index < -0.39 is 0 Å². The van der Waals surface area contributed by atoms with Gasteiger partial charge in [0.15, 0.2) is 0 Å². The maximum absolute atomic E-state index is 3.84. The van der Waals surface area contributed by atoms with Gasteiger partial charge in [0.25, 0.3) is 0 Å². The lowest BCUT2D eigenvalue weighted by molar-refractivity contribution is 1.59. The molecule has 0 spiro atoms. The van der Waals surface area contributed by atoms with E-state index in [2.05, 4.69) is 158 Å². The second-order valence-electron chi connectivity index (χ2n) is 9.44. The quantitative estimate of drug-likeness (QED) is 0.163. The van der Waals surface area contributed by atoms with Gasteiger partial charge in [0.1, 0.15) is 0 Å². The van der Waals surface area contributed by atoms with Crippen LogP contribution in [0.3, 0.4) is 0 Å². The minimum absolute atomic E-state index is 1.13. The van der Waals surface area contributed by atoms with Crippen LogP contribution in [-0.2, 0) is 0 Å². The average Bonchev–Trinajstić information content (AvgIpc) is 2.99. The van der Waals surface area contributed by atoms with Gasteiger partial charge in [-0.25, -0.2) is 0 Å². The van der Waals surface area contributed by atoms with Gasteiger partial charge in [-0.05, 0) is 60.5 Å². The molecule has 0 radical (unpaired) electrons. The SMILES string of the molecule is C=Cc1ccc(-c2ccc(/C=C/c3c4ccccc4c(/C=C/c4ccccc4)c4ccccc34)cc2)cc1. The van der Waals surface area contributed by atoms with Crippen molar-refractivity contribution in [1.82, 2.24) is 0 Å². The molecular weight excluding hydrogens is 456 g/mol. The highest BCUT2D eigenvalue weighted by atomic mass is 14.1. The van der Waals surface area contributed by atoms with Crippen molar-refractivity contribution < 1.29 is 0 Å². The number of fused-ring (bicyclic) bond motifs is 2. The third-order valence-corrected chi connectivity index (χ3v) is 7.09. The smallest absolute Gasteiger partial charge is 0.00987 e. The van der Waals surface area contributed by atoms with Gasteiger partial charge < -0.3 is 0 Å². The first kappa shape index (κ1) is 23.5. The Morgan fingerprint density at radius 3 is 1.13 bits per heavy atom. The second-order valence-corrected chi connectivity index (χ2v) is 9.44. The Morgan fingerprint density at radius 2 is 0.711 bits per heavy atom. The van der Waals surface area contributed by atoms with Crippen LogP contribution >= 0.6 is 0 Å². The molecule has 6 rings (SSSR count). The summed E-state index contributed by atoms with van der Waals surface area (Å²) in [6.07, 6.45) is 10.8. The normalized spacial score (nSPS) is 11.6. The molecule has 0 bridgehead atoms. The average molecular weight is 485 g/mol. The molecule has 0 aliphatic heterocycles. The Hall–Kier alpha value is -4.94. The molecule has 0 heterocycles. The largest absolute Gasteiger partial charge is 0.0985 e. The van der Waals surface area contributed by atoms with Gasteiger partial charge in [-0.1, -0.05) is 164 Å². The van der Waals surface area contributed by atoms with E-state index >= 15 is 0 Å². The predicted octanol–water partition coefficient (Wildman–Crippen LogP) is 10.6. The molecule has 0 fully saturated rings. The van der Waals surface area contributed by atoms with Gasteiger partial charge >= 0.3 is 0 Å².